The van der Waals surface area contributed by atoms with E-state index in [2.05, 4.69) is 20.3 Å². The van der Waals surface area contributed by atoms with E-state index in [9.17, 15) is 9.90 Å². The number of carbonyl (C=O) groups is 1. The monoisotopic (exact) mass is 325 g/mol. The van der Waals surface area contributed by atoms with Crippen LogP contribution in [0.15, 0.2) is 30.5 Å². The molecule has 0 saturated heterocycles. The molecule has 3 N–H and O–H groups in total. The molecule has 0 saturated carbocycles. The third kappa shape index (κ3) is 2.88. The van der Waals surface area contributed by atoms with Crippen LogP contribution in [0.2, 0.25) is 0 Å². The number of benzene rings is 1. The summed E-state index contributed by atoms with van der Waals surface area (Å²) in [4.78, 5) is 25.3. The molecule has 2 heterocycles. The second-order valence-corrected chi connectivity index (χ2v) is 5.59. The minimum absolute atomic E-state index is 0.235. The van der Waals surface area contributed by atoms with Crippen LogP contribution in [0.1, 0.15) is 22.8 Å². The van der Waals surface area contributed by atoms with Gasteiger partial charge in [-0.1, -0.05) is 6.07 Å². The van der Waals surface area contributed by atoms with Gasteiger partial charge in [0, 0.05) is 19.8 Å². The summed E-state index contributed by atoms with van der Waals surface area (Å²) in [5.74, 6) is 0.269. The lowest BCUT2D eigenvalue weighted by Crippen LogP contribution is -2.19. The molecule has 24 heavy (non-hydrogen) atoms. The Hall–Kier alpha value is -3.09. The number of carboxylic acids is 1. The molecule has 0 aliphatic rings. The van der Waals surface area contributed by atoms with Gasteiger partial charge in [0.1, 0.15) is 5.82 Å². The van der Waals surface area contributed by atoms with Crippen LogP contribution < -0.4 is 10.2 Å². The fourth-order valence-electron chi connectivity index (χ4n) is 2.49. The second kappa shape index (κ2) is 6.19. The smallest absolute Gasteiger partial charge is 0.337 e. The molecular weight excluding hydrogens is 306 g/mol. The molecule has 3 aromatic rings. The number of carboxylic acid groups (broad SMARTS) is 1. The van der Waals surface area contributed by atoms with E-state index in [0.717, 1.165) is 11.1 Å². The molecular formula is C17H19N5O2. The number of hydrogen-bond acceptors (Lipinski definition) is 5. The fraction of sp³-hybridized carbons (Fsp3) is 0.235. The first-order chi connectivity index (χ1) is 11.5. The minimum atomic E-state index is -0.967. The second-order valence-electron chi connectivity index (χ2n) is 5.59. The quantitative estimate of drug-likeness (QED) is 0.667. The summed E-state index contributed by atoms with van der Waals surface area (Å²) in [6.07, 6.45) is 1.70. The Balaban J connectivity index is 2.05. The van der Waals surface area contributed by atoms with Crippen LogP contribution in [0.5, 0.6) is 0 Å². The molecule has 0 atom stereocenters. The first-order valence-corrected chi connectivity index (χ1v) is 7.66. The van der Waals surface area contributed by atoms with E-state index in [0.29, 0.717) is 29.5 Å². The molecule has 0 aliphatic carbocycles. The standard InChI is InChI=1S/C17H19N5O2/c1-4-22(3)14-9-13-12(8-11(14)16(23)24)19-17(20-13)21-15-10(2)6-5-7-18-15/h5-9H,4H2,1-3H3,(H,23,24)(H2,18,19,20,21). The molecule has 124 valence electrons. The Labute approximate surface area is 139 Å². The number of pyridine rings is 1. The van der Waals surface area contributed by atoms with E-state index in [1.165, 1.54) is 0 Å². The maximum atomic E-state index is 11.5. The van der Waals surface area contributed by atoms with Gasteiger partial charge in [-0.05, 0) is 37.6 Å². The highest BCUT2D eigenvalue weighted by molar-refractivity contribution is 5.99. The van der Waals surface area contributed by atoms with Crippen LogP contribution in [0, 0.1) is 6.92 Å². The summed E-state index contributed by atoms with van der Waals surface area (Å²) in [5.41, 5.74) is 3.25. The lowest BCUT2D eigenvalue weighted by molar-refractivity contribution is 0.0697. The van der Waals surface area contributed by atoms with Crippen LogP contribution in [0.4, 0.5) is 17.5 Å². The van der Waals surface area contributed by atoms with Crippen molar-refractivity contribution in [1.82, 2.24) is 15.0 Å². The van der Waals surface area contributed by atoms with Gasteiger partial charge < -0.3 is 20.3 Å². The third-order valence-corrected chi connectivity index (χ3v) is 3.96. The molecule has 3 rings (SSSR count). The molecule has 0 unspecified atom stereocenters. The van der Waals surface area contributed by atoms with E-state index >= 15 is 0 Å². The number of imidazole rings is 1. The van der Waals surface area contributed by atoms with Crippen molar-refractivity contribution in [3.63, 3.8) is 0 Å². The van der Waals surface area contributed by atoms with Crippen molar-refractivity contribution in [2.24, 2.45) is 0 Å². The van der Waals surface area contributed by atoms with Crippen molar-refractivity contribution in [2.75, 3.05) is 23.8 Å². The summed E-state index contributed by atoms with van der Waals surface area (Å²) in [7, 11) is 1.86. The van der Waals surface area contributed by atoms with Crippen molar-refractivity contribution in [3.8, 4) is 0 Å². The zero-order valence-electron chi connectivity index (χ0n) is 13.8. The van der Waals surface area contributed by atoms with Crippen LogP contribution in [-0.2, 0) is 0 Å². The van der Waals surface area contributed by atoms with Crippen LogP contribution >= 0.6 is 0 Å². The van der Waals surface area contributed by atoms with Crippen molar-refractivity contribution in [2.45, 2.75) is 13.8 Å². The fourth-order valence-corrected chi connectivity index (χ4v) is 2.49. The predicted molar refractivity (Wildman–Crippen MR) is 94.3 cm³/mol. The summed E-state index contributed by atoms with van der Waals surface area (Å²) >= 11 is 0. The number of aryl methyl sites for hydroxylation is 1. The Morgan fingerprint density at radius 2 is 2.21 bits per heavy atom. The van der Waals surface area contributed by atoms with Gasteiger partial charge in [0.15, 0.2) is 0 Å². The zero-order valence-corrected chi connectivity index (χ0v) is 13.8. The zero-order chi connectivity index (χ0) is 17.3. The maximum absolute atomic E-state index is 11.5. The molecule has 0 aliphatic heterocycles. The third-order valence-electron chi connectivity index (χ3n) is 3.96. The first kappa shape index (κ1) is 15.8. The Bertz CT molecular complexity index is 903. The average Bonchev–Trinajstić information content (AvgIpc) is 2.96. The molecule has 2 aromatic heterocycles. The molecule has 0 radical (unpaired) electrons. The Morgan fingerprint density at radius 3 is 2.88 bits per heavy atom. The van der Waals surface area contributed by atoms with Crippen LogP contribution in [0.3, 0.4) is 0 Å². The van der Waals surface area contributed by atoms with Crippen molar-refractivity contribution in [1.29, 1.82) is 0 Å². The maximum Gasteiger partial charge on any atom is 0.337 e. The van der Waals surface area contributed by atoms with E-state index in [1.807, 2.05) is 44.0 Å². The number of anilines is 3. The number of nitrogens with one attached hydrogen (secondary N) is 2. The average molecular weight is 325 g/mol. The van der Waals surface area contributed by atoms with Crippen LogP contribution in [-0.4, -0.2) is 39.6 Å². The number of nitrogens with zero attached hydrogens (tertiary/aromatic N) is 3. The number of H-pyrrole nitrogens is 1. The van der Waals surface area contributed by atoms with E-state index in [-0.39, 0.29) is 5.56 Å². The largest absolute Gasteiger partial charge is 0.478 e. The van der Waals surface area contributed by atoms with Crippen molar-refractivity contribution in [3.05, 3.63) is 41.6 Å². The number of aromatic amines is 1. The van der Waals surface area contributed by atoms with E-state index < -0.39 is 5.97 Å². The van der Waals surface area contributed by atoms with Gasteiger partial charge in [-0.15, -0.1) is 0 Å². The van der Waals surface area contributed by atoms with E-state index in [4.69, 9.17) is 0 Å². The highest BCUT2D eigenvalue weighted by atomic mass is 16.4. The summed E-state index contributed by atoms with van der Waals surface area (Å²) in [6, 6.07) is 7.22. The predicted octanol–water partition coefficient (Wildman–Crippen LogP) is 3.16. The number of fused-ring (bicyclic) bond motifs is 1. The van der Waals surface area contributed by atoms with Gasteiger partial charge in [-0.25, -0.2) is 14.8 Å². The number of aromatic nitrogens is 3. The van der Waals surface area contributed by atoms with Crippen molar-refractivity contribution < 1.29 is 9.90 Å². The molecule has 1 aromatic carbocycles. The first-order valence-electron chi connectivity index (χ1n) is 7.66. The van der Waals surface area contributed by atoms with Gasteiger partial charge in [-0.3, -0.25) is 0 Å². The molecule has 0 amide bonds. The molecule has 0 spiro atoms. The van der Waals surface area contributed by atoms with Crippen LogP contribution in [0.25, 0.3) is 11.0 Å². The van der Waals surface area contributed by atoms with Crippen molar-refractivity contribution >= 4 is 34.5 Å². The lowest BCUT2D eigenvalue weighted by atomic mass is 10.1. The molecule has 7 nitrogen and oxygen atoms in total. The van der Waals surface area contributed by atoms with Gasteiger partial charge in [-0.2, -0.15) is 0 Å². The topological polar surface area (TPSA) is 94.1 Å². The number of rotatable bonds is 5. The Kier molecular flexibility index (Phi) is 4.07. The highest BCUT2D eigenvalue weighted by Crippen LogP contribution is 2.27. The van der Waals surface area contributed by atoms with Gasteiger partial charge in [0.05, 0.1) is 22.3 Å². The van der Waals surface area contributed by atoms with E-state index in [1.54, 1.807) is 12.3 Å². The highest BCUT2D eigenvalue weighted by Gasteiger charge is 2.16. The van der Waals surface area contributed by atoms with Gasteiger partial charge in [0.2, 0.25) is 5.95 Å². The summed E-state index contributed by atoms with van der Waals surface area (Å²) < 4.78 is 0. The lowest BCUT2D eigenvalue weighted by Gasteiger charge is -2.18. The van der Waals surface area contributed by atoms with Gasteiger partial charge >= 0.3 is 5.97 Å². The number of aromatic carboxylic acids is 1. The normalized spacial score (nSPS) is 10.8. The molecule has 0 bridgehead atoms. The number of hydrogen-bond donors (Lipinski definition) is 3. The Morgan fingerprint density at radius 1 is 1.42 bits per heavy atom. The molecule has 7 heteroatoms. The summed E-state index contributed by atoms with van der Waals surface area (Å²) in [6.45, 7) is 4.63. The summed E-state index contributed by atoms with van der Waals surface area (Å²) in [5, 5.41) is 12.6. The molecule has 0 fully saturated rings. The van der Waals surface area contributed by atoms with Gasteiger partial charge in [0.25, 0.3) is 0 Å². The SMILES string of the molecule is CCN(C)c1cc2[nH]c(Nc3ncccc3C)nc2cc1C(=O)O. The minimum Gasteiger partial charge on any atom is -0.478 e.